The number of ether oxygens (including phenoxy) is 1. The Balaban J connectivity index is 1.75. The predicted molar refractivity (Wildman–Crippen MR) is 102 cm³/mol. The second-order valence-electron chi connectivity index (χ2n) is 5.89. The largest absolute Gasteiger partial charge is 0.486 e. The van der Waals surface area contributed by atoms with Gasteiger partial charge in [0.2, 0.25) is 5.91 Å². The Morgan fingerprint density at radius 1 is 1.28 bits per heavy atom. The maximum absolute atomic E-state index is 12.1. The smallest absolute Gasteiger partial charge is 0.226 e. The summed E-state index contributed by atoms with van der Waals surface area (Å²) in [7, 11) is 0. The number of nitrogens with zero attached hydrogens (tertiary/aromatic N) is 2. The highest BCUT2D eigenvalue weighted by Gasteiger charge is 2.13. The van der Waals surface area contributed by atoms with E-state index >= 15 is 0 Å². The normalized spacial score (nSPS) is 12.2. The van der Waals surface area contributed by atoms with E-state index in [1.165, 1.54) is 11.3 Å². The van der Waals surface area contributed by atoms with Gasteiger partial charge in [-0.15, -0.1) is 11.3 Å². The molecule has 0 spiro atoms. The van der Waals surface area contributed by atoms with Crippen molar-refractivity contribution in [1.82, 2.24) is 15.2 Å². The van der Waals surface area contributed by atoms with Crippen LogP contribution in [0.2, 0.25) is 0 Å². The van der Waals surface area contributed by atoms with Crippen LogP contribution in [0.5, 0.6) is 5.75 Å². The second-order valence-corrected chi connectivity index (χ2v) is 6.83. The van der Waals surface area contributed by atoms with Crippen LogP contribution in [-0.2, 0) is 17.8 Å². The fourth-order valence-electron chi connectivity index (χ4n) is 2.62. The molecule has 0 bridgehead atoms. The molecule has 1 atom stereocenters. The molecule has 1 unspecified atom stereocenters. The summed E-state index contributed by atoms with van der Waals surface area (Å²) < 4.78 is 5.68. The van der Waals surface area contributed by atoms with Gasteiger partial charge in [-0.05, 0) is 32.1 Å². The number of nitrogens with one attached hydrogen (secondary N) is 1. The first-order chi connectivity index (χ1) is 12.1. The molecule has 0 aliphatic rings. The van der Waals surface area contributed by atoms with Gasteiger partial charge < -0.3 is 10.1 Å². The maximum atomic E-state index is 12.1. The summed E-state index contributed by atoms with van der Waals surface area (Å²) in [6.45, 7) is 9.47. The number of amides is 1. The van der Waals surface area contributed by atoms with Gasteiger partial charge in [0.25, 0.3) is 0 Å². The molecule has 2 aromatic rings. The first kappa shape index (κ1) is 19.4. The van der Waals surface area contributed by atoms with E-state index in [9.17, 15) is 4.79 Å². The van der Waals surface area contributed by atoms with E-state index in [0.29, 0.717) is 25.6 Å². The number of benzene rings is 1. The number of aromatic nitrogens is 1. The third kappa shape index (κ3) is 6.48. The molecule has 1 N–H and O–H groups in total. The van der Waals surface area contributed by atoms with E-state index in [1.807, 2.05) is 35.7 Å². The lowest BCUT2D eigenvalue weighted by Crippen LogP contribution is -2.42. The van der Waals surface area contributed by atoms with Crippen molar-refractivity contribution < 1.29 is 9.53 Å². The van der Waals surface area contributed by atoms with E-state index in [2.05, 4.69) is 36.0 Å². The van der Waals surface area contributed by atoms with E-state index in [1.54, 1.807) is 0 Å². The molecule has 0 saturated carbocycles. The van der Waals surface area contributed by atoms with Gasteiger partial charge in [-0.25, -0.2) is 4.98 Å². The Morgan fingerprint density at radius 2 is 2.00 bits per heavy atom. The summed E-state index contributed by atoms with van der Waals surface area (Å²) >= 11 is 1.52. The SMILES string of the molecule is CCN(CC)C(C)CNC(=O)Cc1csc(COc2ccccc2)n1. The van der Waals surface area contributed by atoms with Crippen LogP contribution in [0.25, 0.3) is 0 Å². The molecule has 0 saturated heterocycles. The van der Waals surface area contributed by atoms with Gasteiger partial charge in [-0.1, -0.05) is 32.0 Å². The third-order valence-electron chi connectivity index (χ3n) is 4.08. The van der Waals surface area contributed by atoms with Crippen molar-refractivity contribution in [3.63, 3.8) is 0 Å². The number of carbonyl (C=O) groups excluding carboxylic acids is 1. The van der Waals surface area contributed by atoms with Gasteiger partial charge in [-0.2, -0.15) is 0 Å². The number of para-hydroxylation sites is 1. The standard InChI is InChI=1S/C19H27N3O2S/c1-4-22(5-2)15(3)12-20-18(23)11-16-14-25-19(21-16)13-24-17-9-7-6-8-10-17/h6-10,14-15H,4-5,11-13H2,1-3H3,(H,20,23). The zero-order valence-corrected chi connectivity index (χ0v) is 16.0. The van der Waals surface area contributed by atoms with Crippen LogP contribution in [0.15, 0.2) is 35.7 Å². The van der Waals surface area contributed by atoms with Crippen molar-refractivity contribution in [2.75, 3.05) is 19.6 Å². The monoisotopic (exact) mass is 361 g/mol. The average Bonchev–Trinajstić information content (AvgIpc) is 3.07. The van der Waals surface area contributed by atoms with Crippen LogP contribution >= 0.6 is 11.3 Å². The lowest BCUT2D eigenvalue weighted by atomic mass is 10.2. The van der Waals surface area contributed by atoms with E-state index in [-0.39, 0.29) is 5.91 Å². The molecule has 136 valence electrons. The van der Waals surface area contributed by atoms with Crippen LogP contribution in [0.1, 0.15) is 31.5 Å². The molecule has 6 heteroatoms. The van der Waals surface area contributed by atoms with Crippen molar-refractivity contribution in [3.8, 4) is 5.75 Å². The quantitative estimate of drug-likeness (QED) is 0.706. The Labute approximate surface area is 154 Å². The summed E-state index contributed by atoms with van der Waals surface area (Å²) in [4.78, 5) is 18.9. The number of hydrogen-bond donors (Lipinski definition) is 1. The fourth-order valence-corrected chi connectivity index (χ4v) is 3.33. The molecular formula is C19H27N3O2S. The topological polar surface area (TPSA) is 54.5 Å². The molecule has 0 fully saturated rings. The summed E-state index contributed by atoms with van der Waals surface area (Å²) in [6, 6.07) is 9.99. The Morgan fingerprint density at radius 3 is 2.68 bits per heavy atom. The van der Waals surface area contributed by atoms with Crippen LogP contribution in [0.3, 0.4) is 0 Å². The van der Waals surface area contributed by atoms with E-state index < -0.39 is 0 Å². The van der Waals surface area contributed by atoms with E-state index in [4.69, 9.17) is 4.74 Å². The summed E-state index contributed by atoms with van der Waals surface area (Å²) in [6.07, 6.45) is 0.312. The van der Waals surface area contributed by atoms with Gasteiger partial charge in [0.05, 0.1) is 12.1 Å². The molecule has 0 aliphatic carbocycles. The highest BCUT2D eigenvalue weighted by molar-refractivity contribution is 7.09. The minimum atomic E-state index is 0.0137. The second kappa shape index (κ2) is 10.2. The van der Waals surface area contributed by atoms with Gasteiger partial charge in [0.15, 0.2) is 0 Å². The molecule has 2 rings (SSSR count). The number of carbonyl (C=O) groups is 1. The van der Waals surface area contributed by atoms with Gasteiger partial charge >= 0.3 is 0 Å². The van der Waals surface area contributed by atoms with Crippen LogP contribution < -0.4 is 10.1 Å². The van der Waals surface area contributed by atoms with Crippen molar-refractivity contribution in [2.24, 2.45) is 0 Å². The highest BCUT2D eigenvalue weighted by atomic mass is 32.1. The number of thiazole rings is 1. The Kier molecular flexibility index (Phi) is 7.88. The summed E-state index contributed by atoms with van der Waals surface area (Å²) in [5.41, 5.74) is 0.796. The first-order valence-corrected chi connectivity index (χ1v) is 9.62. The Bertz CT molecular complexity index is 641. The molecule has 1 aromatic heterocycles. The molecular weight excluding hydrogens is 334 g/mol. The minimum absolute atomic E-state index is 0.0137. The molecule has 0 radical (unpaired) electrons. The van der Waals surface area contributed by atoms with Crippen LogP contribution in [0, 0.1) is 0 Å². The van der Waals surface area contributed by atoms with Gasteiger partial charge in [0, 0.05) is 18.0 Å². The lowest BCUT2D eigenvalue weighted by Gasteiger charge is -2.26. The van der Waals surface area contributed by atoms with E-state index in [0.717, 1.165) is 29.5 Å². The van der Waals surface area contributed by atoms with Gasteiger partial charge in [-0.3, -0.25) is 9.69 Å². The minimum Gasteiger partial charge on any atom is -0.486 e. The summed E-state index contributed by atoms with van der Waals surface area (Å²) in [5, 5.41) is 5.81. The number of hydrogen-bond acceptors (Lipinski definition) is 5. The molecule has 1 heterocycles. The predicted octanol–water partition coefficient (Wildman–Crippen LogP) is 3.11. The lowest BCUT2D eigenvalue weighted by molar-refractivity contribution is -0.120. The van der Waals surface area contributed by atoms with Crippen molar-refractivity contribution in [1.29, 1.82) is 0 Å². The Hall–Kier alpha value is -1.92. The molecule has 25 heavy (non-hydrogen) atoms. The zero-order valence-electron chi connectivity index (χ0n) is 15.2. The average molecular weight is 362 g/mol. The zero-order chi connectivity index (χ0) is 18.1. The third-order valence-corrected chi connectivity index (χ3v) is 4.95. The molecule has 0 aliphatic heterocycles. The maximum Gasteiger partial charge on any atom is 0.226 e. The van der Waals surface area contributed by atoms with Crippen LogP contribution in [0.4, 0.5) is 0 Å². The van der Waals surface area contributed by atoms with Crippen LogP contribution in [-0.4, -0.2) is 41.5 Å². The van der Waals surface area contributed by atoms with Crippen molar-refractivity contribution in [2.45, 2.75) is 39.8 Å². The molecule has 5 nitrogen and oxygen atoms in total. The first-order valence-electron chi connectivity index (χ1n) is 8.74. The molecule has 1 aromatic carbocycles. The van der Waals surface area contributed by atoms with Crippen molar-refractivity contribution >= 4 is 17.2 Å². The van der Waals surface area contributed by atoms with Gasteiger partial charge in [0.1, 0.15) is 17.4 Å². The highest BCUT2D eigenvalue weighted by Crippen LogP contribution is 2.15. The number of rotatable bonds is 10. The molecule has 1 amide bonds. The fraction of sp³-hybridized carbons (Fsp3) is 0.474. The number of likely N-dealkylation sites (N-methyl/N-ethyl adjacent to an activating group) is 1. The summed E-state index contributed by atoms with van der Waals surface area (Å²) in [5.74, 6) is 0.835. The van der Waals surface area contributed by atoms with Crippen molar-refractivity contribution in [3.05, 3.63) is 46.4 Å².